The number of ether oxygens (including phenoxy) is 2. The lowest BCUT2D eigenvalue weighted by Crippen LogP contribution is -2.25. The highest BCUT2D eigenvalue weighted by Gasteiger charge is 2.10. The van der Waals surface area contributed by atoms with Crippen LogP contribution in [0.3, 0.4) is 0 Å². The second-order valence-electron chi connectivity index (χ2n) is 4.83. The van der Waals surface area contributed by atoms with Crippen LogP contribution in [-0.4, -0.2) is 20.3 Å². The molecule has 0 aliphatic carbocycles. The van der Waals surface area contributed by atoms with Gasteiger partial charge in [0.15, 0.2) is 0 Å². The largest absolute Gasteiger partial charge is 0.497 e. The molecule has 1 atom stereocenters. The van der Waals surface area contributed by atoms with Crippen LogP contribution in [0.4, 0.5) is 0 Å². The second-order valence-corrected chi connectivity index (χ2v) is 4.83. The fraction of sp³-hybridized carbons (Fsp3) is 0.294. The Morgan fingerprint density at radius 2 is 1.70 bits per heavy atom. The predicted molar refractivity (Wildman–Crippen MR) is 81.4 cm³/mol. The summed E-state index contributed by atoms with van der Waals surface area (Å²) in [6.07, 6.45) is 1.64. The third-order valence-electron chi connectivity index (χ3n) is 3.32. The van der Waals surface area contributed by atoms with Crippen LogP contribution in [0.2, 0.25) is 0 Å². The van der Waals surface area contributed by atoms with Crippen LogP contribution < -0.4 is 15.2 Å². The van der Waals surface area contributed by atoms with Gasteiger partial charge < -0.3 is 15.2 Å². The van der Waals surface area contributed by atoms with E-state index in [0.717, 1.165) is 29.9 Å². The zero-order chi connectivity index (χ0) is 14.4. The van der Waals surface area contributed by atoms with Gasteiger partial charge >= 0.3 is 0 Å². The maximum absolute atomic E-state index is 6.25. The molecule has 0 aliphatic rings. The van der Waals surface area contributed by atoms with Crippen LogP contribution in [0.25, 0.3) is 0 Å². The third-order valence-corrected chi connectivity index (χ3v) is 3.32. The van der Waals surface area contributed by atoms with Gasteiger partial charge in [-0.15, -0.1) is 0 Å². The molecule has 0 amide bonds. The predicted octanol–water partition coefficient (Wildman–Crippen LogP) is 2.82. The van der Waals surface area contributed by atoms with Gasteiger partial charge in [0.1, 0.15) is 11.5 Å². The summed E-state index contributed by atoms with van der Waals surface area (Å²) < 4.78 is 10.6. The molecule has 0 saturated carbocycles. The van der Waals surface area contributed by atoms with Gasteiger partial charge in [-0.05, 0) is 30.0 Å². The summed E-state index contributed by atoms with van der Waals surface area (Å²) in [6, 6.07) is 16.2. The van der Waals surface area contributed by atoms with Gasteiger partial charge in [-0.3, -0.25) is 0 Å². The van der Waals surface area contributed by atoms with Crippen molar-refractivity contribution in [2.75, 3.05) is 14.2 Å². The normalized spacial score (nSPS) is 11.9. The monoisotopic (exact) mass is 271 g/mol. The summed E-state index contributed by atoms with van der Waals surface area (Å²) in [5, 5.41) is 0. The van der Waals surface area contributed by atoms with Crippen molar-refractivity contribution in [3.8, 4) is 11.5 Å². The van der Waals surface area contributed by atoms with Gasteiger partial charge in [-0.25, -0.2) is 0 Å². The fourth-order valence-electron chi connectivity index (χ4n) is 2.29. The van der Waals surface area contributed by atoms with Crippen molar-refractivity contribution in [2.45, 2.75) is 18.9 Å². The molecule has 2 N–H and O–H groups in total. The van der Waals surface area contributed by atoms with Crippen molar-refractivity contribution >= 4 is 0 Å². The van der Waals surface area contributed by atoms with Crippen molar-refractivity contribution in [1.82, 2.24) is 0 Å². The third kappa shape index (κ3) is 3.75. The first kappa shape index (κ1) is 14.4. The molecule has 20 heavy (non-hydrogen) atoms. The fourth-order valence-corrected chi connectivity index (χ4v) is 2.29. The summed E-state index contributed by atoms with van der Waals surface area (Å²) in [5.74, 6) is 1.62. The lowest BCUT2D eigenvalue weighted by Gasteiger charge is -2.15. The Kier molecular flexibility index (Phi) is 5.02. The highest BCUT2D eigenvalue weighted by Crippen LogP contribution is 2.25. The van der Waals surface area contributed by atoms with Crippen LogP contribution in [0.1, 0.15) is 11.1 Å². The second kappa shape index (κ2) is 6.96. The molecule has 106 valence electrons. The Bertz CT molecular complexity index is 540. The van der Waals surface area contributed by atoms with Crippen LogP contribution in [0.15, 0.2) is 48.5 Å². The first-order chi connectivity index (χ1) is 9.72. The molecule has 1 unspecified atom stereocenters. The van der Waals surface area contributed by atoms with Crippen molar-refractivity contribution in [2.24, 2.45) is 5.73 Å². The Morgan fingerprint density at radius 3 is 2.35 bits per heavy atom. The van der Waals surface area contributed by atoms with Gasteiger partial charge in [0, 0.05) is 12.1 Å². The molecule has 0 saturated heterocycles. The van der Waals surface area contributed by atoms with E-state index in [9.17, 15) is 0 Å². The lowest BCUT2D eigenvalue weighted by atomic mass is 9.99. The first-order valence-electron chi connectivity index (χ1n) is 6.73. The van der Waals surface area contributed by atoms with E-state index in [1.54, 1.807) is 14.2 Å². The number of nitrogens with two attached hydrogens (primary N) is 1. The molecule has 0 aliphatic heterocycles. The van der Waals surface area contributed by atoms with Crippen molar-refractivity contribution in [3.05, 3.63) is 59.7 Å². The van der Waals surface area contributed by atoms with Gasteiger partial charge in [-0.2, -0.15) is 0 Å². The summed E-state index contributed by atoms with van der Waals surface area (Å²) in [5.41, 5.74) is 8.61. The molecule has 0 radical (unpaired) electrons. The van der Waals surface area contributed by atoms with Crippen molar-refractivity contribution in [3.63, 3.8) is 0 Å². The minimum absolute atomic E-state index is 0.0692. The Labute approximate surface area is 120 Å². The van der Waals surface area contributed by atoms with Crippen molar-refractivity contribution < 1.29 is 9.47 Å². The molecule has 3 nitrogen and oxygen atoms in total. The van der Waals surface area contributed by atoms with Gasteiger partial charge in [0.2, 0.25) is 0 Å². The van der Waals surface area contributed by atoms with E-state index >= 15 is 0 Å². The Hall–Kier alpha value is -2.00. The van der Waals surface area contributed by atoms with E-state index < -0.39 is 0 Å². The molecule has 0 bridgehead atoms. The summed E-state index contributed by atoms with van der Waals surface area (Å²) in [4.78, 5) is 0. The average molecular weight is 271 g/mol. The Morgan fingerprint density at radius 1 is 0.950 bits per heavy atom. The molecule has 0 spiro atoms. The smallest absolute Gasteiger partial charge is 0.125 e. The van der Waals surface area contributed by atoms with E-state index in [1.807, 2.05) is 36.4 Å². The molecule has 2 rings (SSSR count). The SMILES string of the molecule is COc1ccc(CC(N)Cc2ccccc2)c(OC)c1. The van der Waals surface area contributed by atoms with Gasteiger partial charge in [0.25, 0.3) is 0 Å². The minimum atomic E-state index is 0.0692. The van der Waals surface area contributed by atoms with Crippen LogP contribution >= 0.6 is 0 Å². The lowest BCUT2D eigenvalue weighted by molar-refractivity contribution is 0.390. The maximum Gasteiger partial charge on any atom is 0.125 e. The van der Waals surface area contributed by atoms with Crippen LogP contribution in [0.5, 0.6) is 11.5 Å². The molecule has 0 fully saturated rings. The topological polar surface area (TPSA) is 44.5 Å². The van der Waals surface area contributed by atoms with Crippen molar-refractivity contribution in [1.29, 1.82) is 0 Å². The summed E-state index contributed by atoms with van der Waals surface area (Å²) in [7, 11) is 3.32. The zero-order valence-corrected chi connectivity index (χ0v) is 12.0. The first-order valence-corrected chi connectivity index (χ1v) is 6.73. The van der Waals surface area contributed by atoms with E-state index in [1.165, 1.54) is 5.56 Å². The molecule has 2 aromatic rings. The number of methoxy groups -OCH3 is 2. The van der Waals surface area contributed by atoms with E-state index in [4.69, 9.17) is 15.2 Å². The molecule has 0 heterocycles. The number of hydrogen-bond acceptors (Lipinski definition) is 3. The number of hydrogen-bond donors (Lipinski definition) is 1. The van der Waals surface area contributed by atoms with Crippen LogP contribution in [0, 0.1) is 0 Å². The molecule has 3 heteroatoms. The molecular formula is C17H21NO2. The summed E-state index contributed by atoms with van der Waals surface area (Å²) >= 11 is 0. The highest BCUT2D eigenvalue weighted by molar-refractivity contribution is 5.41. The zero-order valence-electron chi connectivity index (χ0n) is 12.0. The Balaban J connectivity index is 2.05. The number of benzene rings is 2. The molecular weight excluding hydrogens is 250 g/mol. The highest BCUT2D eigenvalue weighted by atomic mass is 16.5. The standard InChI is InChI=1S/C17H21NO2/c1-19-16-9-8-14(17(12-16)20-2)11-15(18)10-13-6-4-3-5-7-13/h3-9,12,15H,10-11,18H2,1-2H3. The molecule has 2 aromatic carbocycles. The van der Waals surface area contributed by atoms with Crippen LogP contribution in [-0.2, 0) is 12.8 Å². The van der Waals surface area contributed by atoms with Gasteiger partial charge in [-0.1, -0.05) is 36.4 Å². The minimum Gasteiger partial charge on any atom is -0.497 e. The summed E-state index contributed by atoms with van der Waals surface area (Å²) in [6.45, 7) is 0. The molecule has 0 aromatic heterocycles. The average Bonchev–Trinajstić information content (AvgIpc) is 2.48. The van der Waals surface area contributed by atoms with E-state index in [0.29, 0.717) is 0 Å². The quantitative estimate of drug-likeness (QED) is 0.878. The maximum atomic E-state index is 6.25. The number of rotatable bonds is 6. The van der Waals surface area contributed by atoms with E-state index in [2.05, 4.69) is 12.1 Å². The van der Waals surface area contributed by atoms with E-state index in [-0.39, 0.29) is 6.04 Å². The van der Waals surface area contributed by atoms with Gasteiger partial charge in [0.05, 0.1) is 14.2 Å².